The minimum absolute atomic E-state index is 0.0174. The summed E-state index contributed by atoms with van der Waals surface area (Å²) in [6, 6.07) is 4.27. The molecule has 1 atom stereocenters. The van der Waals surface area contributed by atoms with Crippen molar-refractivity contribution in [3.05, 3.63) is 34.9 Å². The summed E-state index contributed by atoms with van der Waals surface area (Å²) in [6.07, 6.45) is 5.30. The maximum absolute atomic E-state index is 13.2. The Kier molecular flexibility index (Phi) is 7.18. The van der Waals surface area contributed by atoms with E-state index in [2.05, 4.69) is 15.5 Å². The van der Waals surface area contributed by atoms with E-state index in [-0.39, 0.29) is 10.9 Å². The summed E-state index contributed by atoms with van der Waals surface area (Å²) in [5.41, 5.74) is 0. The van der Waals surface area contributed by atoms with Gasteiger partial charge >= 0.3 is 0 Å². The third-order valence-corrected chi connectivity index (χ3v) is 6.05. The molecule has 1 aliphatic carbocycles. The van der Waals surface area contributed by atoms with E-state index in [1.165, 1.54) is 49.2 Å². The molecule has 1 aliphatic rings. The first kappa shape index (κ1) is 20.9. The van der Waals surface area contributed by atoms with Gasteiger partial charge in [-0.15, -0.1) is 10.2 Å². The largest absolute Gasteiger partial charge is 0.481 e. The second-order valence-corrected chi connectivity index (χ2v) is 8.28. The van der Waals surface area contributed by atoms with Crippen molar-refractivity contribution in [1.29, 1.82) is 0 Å². The molecule has 3 rings (SSSR count). The number of halogens is 2. The lowest BCUT2D eigenvalue weighted by atomic mass is 9.95. The van der Waals surface area contributed by atoms with E-state index in [4.69, 9.17) is 16.3 Å². The maximum atomic E-state index is 13.2. The van der Waals surface area contributed by atoms with Crippen molar-refractivity contribution < 1.29 is 13.9 Å². The Bertz CT molecular complexity index is 826. The second-order valence-electron chi connectivity index (χ2n) is 6.93. The van der Waals surface area contributed by atoms with Gasteiger partial charge in [0.15, 0.2) is 17.1 Å². The van der Waals surface area contributed by atoms with Crippen molar-refractivity contribution in [3.8, 4) is 5.75 Å². The van der Waals surface area contributed by atoms with Crippen LogP contribution in [-0.4, -0.2) is 32.5 Å². The van der Waals surface area contributed by atoms with Crippen LogP contribution in [0.4, 0.5) is 4.39 Å². The topological polar surface area (TPSA) is 69.0 Å². The SMILES string of the molecule is CC(Oc1ccc(F)cc1Cl)c1nnc(SCC(=O)NC2CCCCC2)n1C. The minimum atomic E-state index is -0.439. The Labute approximate surface area is 173 Å². The van der Waals surface area contributed by atoms with E-state index >= 15 is 0 Å². The van der Waals surface area contributed by atoms with Crippen molar-refractivity contribution in [2.75, 3.05) is 5.75 Å². The van der Waals surface area contributed by atoms with Crippen molar-refractivity contribution in [2.45, 2.75) is 56.3 Å². The van der Waals surface area contributed by atoms with Gasteiger partial charge in [-0.2, -0.15) is 0 Å². The van der Waals surface area contributed by atoms with Gasteiger partial charge < -0.3 is 14.6 Å². The molecule has 28 heavy (non-hydrogen) atoms. The highest BCUT2D eigenvalue weighted by Crippen LogP contribution is 2.30. The monoisotopic (exact) mass is 426 g/mol. The molecule has 1 heterocycles. The lowest BCUT2D eigenvalue weighted by molar-refractivity contribution is -0.119. The fraction of sp³-hybridized carbons (Fsp3) is 0.526. The van der Waals surface area contributed by atoms with Crippen LogP contribution in [0.15, 0.2) is 23.4 Å². The van der Waals surface area contributed by atoms with Crippen molar-refractivity contribution in [3.63, 3.8) is 0 Å². The van der Waals surface area contributed by atoms with Gasteiger partial charge in [-0.1, -0.05) is 42.6 Å². The number of nitrogens with zero attached hydrogens (tertiary/aromatic N) is 3. The molecule has 6 nitrogen and oxygen atoms in total. The normalized spacial score (nSPS) is 16.0. The van der Waals surface area contributed by atoms with Gasteiger partial charge in [-0.25, -0.2) is 4.39 Å². The Morgan fingerprint density at radius 2 is 2.14 bits per heavy atom. The number of thioether (sulfide) groups is 1. The van der Waals surface area contributed by atoms with Crippen molar-refractivity contribution >= 4 is 29.3 Å². The van der Waals surface area contributed by atoms with Crippen LogP contribution in [0.1, 0.15) is 51.0 Å². The average Bonchev–Trinajstić information content (AvgIpc) is 3.04. The molecule has 1 aromatic carbocycles. The molecule has 1 amide bonds. The van der Waals surface area contributed by atoms with Crippen LogP contribution < -0.4 is 10.1 Å². The smallest absolute Gasteiger partial charge is 0.230 e. The van der Waals surface area contributed by atoms with Gasteiger partial charge in [0.25, 0.3) is 0 Å². The highest BCUT2D eigenvalue weighted by Gasteiger charge is 2.20. The fourth-order valence-electron chi connectivity index (χ4n) is 3.27. The Hall–Kier alpha value is -1.80. The zero-order chi connectivity index (χ0) is 20.1. The van der Waals surface area contributed by atoms with E-state index < -0.39 is 11.9 Å². The number of carbonyl (C=O) groups excluding carboxylic acids is 1. The number of hydrogen-bond acceptors (Lipinski definition) is 5. The zero-order valence-electron chi connectivity index (χ0n) is 16.0. The van der Waals surface area contributed by atoms with Crippen LogP contribution in [-0.2, 0) is 11.8 Å². The van der Waals surface area contributed by atoms with Gasteiger partial charge in [0.2, 0.25) is 5.91 Å². The van der Waals surface area contributed by atoms with Crippen molar-refractivity contribution in [2.24, 2.45) is 7.05 Å². The van der Waals surface area contributed by atoms with Gasteiger partial charge in [0.1, 0.15) is 11.6 Å². The number of benzene rings is 1. The van der Waals surface area contributed by atoms with Crippen LogP contribution >= 0.6 is 23.4 Å². The van der Waals surface area contributed by atoms with Crippen molar-refractivity contribution in [1.82, 2.24) is 20.1 Å². The molecule has 0 spiro atoms. The molecule has 1 unspecified atom stereocenters. The average molecular weight is 427 g/mol. The predicted octanol–water partition coefficient (Wildman–Crippen LogP) is 4.29. The van der Waals surface area contributed by atoms with Gasteiger partial charge in [0, 0.05) is 13.1 Å². The third-order valence-electron chi connectivity index (χ3n) is 4.73. The molecule has 1 aromatic heterocycles. The predicted molar refractivity (Wildman–Crippen MR) is 107 cm³/mol. The summed E-state index contributed by atoms with van der Waals surface area (Å²) >= 11 is 7.35. The summed E-state index contributed by atoms with van der Waals surface area (Å²) in [5, 5.41) is 12.3. The van der Waals surface area contributed by atoms with Gasteiger partial charge in [0.05, 0.1) is 10.8 Å². The molecule has 9 heteroatoms. The van der Waals surface area contributed by atoms with E-state index in [0.717, 1.165) is 12.8 Å². The molecule has 0 radical (unpaired) electrons. The molecular formula is C19H24ClFN4O2S. The van der Waals surface area contributed by atoms with Crippen LogP contribution in [0.25, 0.3) is 0 Å². The number of ether oxygens (including phenoxy) is 1. The van der Waals surface area contributed by atoms with E-state index in [9.17, 15) is 9.18 Å². The van der Waals surface area contributed by atoms with Crippen LogP contribution in [0.5, 0.6) is 5.75 Å². The highest BCUT2D eigenvalue weighted by atomic mass is 35.5. The fourth-order valence-corrected chi connectivity index (χ4v) is 4.21. The summed E-state index contributed by atoms with van der Waals surface area (Å²) < 4.78 is 20.8. The molecule has 0 aliphatic heterocycles. The molecule has 0 bridgehead atoms. The lowest BCUT2D eigenvalue weighted by Gasteiger charge is -2.22. The van der Waals surface area contributed by atoms with E-state index in [1.54, 1.807) is 4.57 Å². The standard InChI is InChI=1S/C19H24ClFN4O2S/c1-12(27-16-9-8-13(21)10-15(16)20)18-23-24-19(25(18)2)28-11-17(26)22-14-6-4-3-5-7-14/h8-10,12,14H,3-7,11H2,1-2H3,(H,22,26). The summed E-state index contributed by atoms with van der Waals surface area (Å²) in [4.78, 5) is 12.2. The lowest BCUT2D eigenvalue weighted by Crippen LogP contribution is -2.37. The maximum Gasteiger partial charge on any atom is 0.230 e. The zero-order valence-corrected chi connectivity index (χ0v) is 17.5. The second kappa shape index (κ2) is 9.60. The first-order chi connectivity index (χ1) is 13.4. The first-order valence-corrected chi connectivity index (χ1v) is 10.7. The summed E-state index contributed by atoms with van der Waals surface area (Å²) in [6.45, 7) is 1.81. The number of nitrogens with one attached hydrogen (secondary N) is 1. The quantitative estimate of drug-likeness (QED) is 0.669. The molecule has 1 fully saturated rings. The van der Waals surface area contributed by atoms with E-state index in [1.807, 2.05) is 14.0 Å². The molecule has 2 aromatic rings. The van der Waals surface area contributed by atoms with Gasteiger partial charge in [-0.05, 0) is 38.0 Å². The Balaban J connectivity index is 1.55. The Morgan fingerprint density at radius 1 is 1.39 bits per heavy atom. The number of amides is 1. The van der Waals surface area contributed by atoms with Crippen LogP contribution in [0.3, 0.4) is 0 Å². The minimum Gasteiger partial charge on any atom is -0.481 e. The van der Waals surface area contributed by atoms with Gasteiger partial charge in [-0.3, -0.25) is 4.79 Å². The van der Waals surface area contributed by atoms with E-state index in [0.29, 0.717) is 28.5 Å². The highest BCUT2D eigenvalue weighted by molar-refractivity contribution is 7.99. The Morgan fingerprint density at radius 3 is 2.86 bits per heavy atom. The number of rotatable bonds is 7. The molecule has 0 saturated heterocycles. The first-order valence-electron chi connectivity index (χ1n) is 9.37. The summed E-state index contributed by atoms with van der Waals surface area (Å²) in [7, 11) is 1.82. The number of aromatic nitrogens is 3. The molecular weight excluding hydrogens is 403 g/mol. The summed E-state index contributed by atoms with van der Waals surface area (Å²) in [5.74, 6) is 0.856. The molecule has 1 N–H and O–H groups in total. The number of carbonyl (C=O) groups is 1. The third kappa shape index (κ3) is 5.38. The van der Waals surface area contributed by atoms with Crippen LogP contribution in [0.2, 0.25) is 5.02 Å². The molecule has 1 saturated carbocycles. The molecule has 152 valence electrons. The number of hydrogen-bond donors (Lipinski definition) is 1. The van der Waals surface area contributed by atoms with Crippen LogP contribution in [0, 0.1) is 5.82 Å².